The van der Waals surface area contributed by atoms with Crippen molar-refractivity contribution >= 4 is 11.8 Å². The van der Waals surface area contributed by atoms with E-state index >= 15 is 0 Å². The minimum absolute atomic E-state index is 0.0235. The molecule has 0 spiro atoms. The molecular formula is C15H18O5. The van der Waals surface area contributed by atoms with Crippen molar-refractivity contribution in [3.05, 3.63) is 23.8 Å². The molecule has 1 atom stereocenters. The minimum Gasteiger partial charge on any atom is -0.494 e. The molecule has 1 aromatic rings. The van der Waals surface area contributed by atoms with Gasteiger partial charge in [0, 0.05) is 12.5 Å². The number of benzene rings is 1. The molecule has 0 amide bonds. The Morgan fingerprint density at radius 3 is 2.90 bits per heavy atom. The van der Waals surface area contributed by atoms with E-state index in [2.05, 4.69) is 0 Å². The SMILES string of the molecule is CCOc1ccc2c(c1)OC(C)(CCC(=O)O)CC2=O. The molecule has 5 nitrogen and oxygen atoms in total. The van der Waals surface area contributed by atoms with Crippen LogP contribution in [0.15, 0.2) is 18.2 Å². The molecule has 20 heavy (non-hydrogen) atoms. The smallest absolute Gasteiger partial charge is 0.303 e. The maximum absolute atomic E-state index is 12.1. The molecule has 0 fully saturated rings. The van der Waals surface area contributed by atoms with E-state index in [1.54, 1.807) is 25.1 Å². The highest BCUT2D eigenvalue weighted by Gasteiger charge is 2.36. The summed E-state index contributed by atoms with van der Waals surface area (Å²) in [6, 6.07) is 5.12. The fourth-order valence-corrected chi connectivity index (χ4v) is 2.32. The molecule has 1 unspecified atom stereocenters. The molecule has 0 radical (unpaired) electrons. The Hall–Kier alpha value is -2.04. The number of carbonyl (C=O) groups is 2. The van der Waals surface area contributed by atoms with E-state index in [9.17, 15) is 9.59 Å². The van der Waals surface area contributed by atoms with Crippen LogP contribution in [0.1, 0.15) is 43.5 Å². The molecule has 0 bridgehead atoms. The third kappa shape index (κ3) is 3.10. The van der Waals surface area contributed by atoms with Crippen LogP contribution in [-0.4, -0.2) is 29.1 Å². The van der Waals surface area contributed by atoms with Crippen LogP contribution in [0.2, 0.25) is 0 Å². The maximum atomic E-state index is 12.1. The first-order valence-electron chi connectivity index (χ1n) is 6.64. The van der Waals surface area contributed by atoms with Gasteiger partial charge in [-0.25, -0.2) is 0 Å². The van der Waals surface area contributed by atoms with E-state index in [0.717, 1.165) is 0 Å². The van der Waals surface area contributed by atoms with Crippen LogP contribution in [0.5, 0.6) is 11.5 Å². The summed E-state index contributed by atoms with van der Waals surface area (Å²) < 4.78 is 11.3. The Labute approximate surface area is 117 Å². The van der Waals surface area contributed by atoms with Crippen molar-refractivity contribution in [2.45, 2.75) is 38.7 Å². The Balaban J connectivity index is 2.24. The highest BCUT2D eigenvalue weighted by atomic mass is 16.5. The van der Waals surface area contributed by atoms with Gasteiger partial charge in [0.1, 0.15) is 17.1 Å². The summed E-state index contributed by atoms with van der Waals surface area (Å²) in [4.78, 5) is 22.8. The monoisotopic (exact) mass is 278 g/mol. The second-order valence-electron chi connectivity index (χ2n) is 5.14. The van der Waals surface area contributed by atoms with Gasteiger partial charge in [0.2, 0.25) is 0 Å². The number of aliphatic carboxylic acids is 1. The summed E-state index contributed by atoms with van der Waals surface area (Å²) in [5.74, 6) is 0.194. The lowest BCUT2D eigenvalue weighted by atomic mass is 9.88. The number of rotatable bonds is 5. The molecule has 1 aliphatic heterocycles. The van der Waals surface area contributed by atoms with Gasteiger partial charge in [0.15, 0.2) is 5.78 Å². The van der Waals surface area contributed by atoms with Gasteiger partial charge in [-0.05, 0) is 32.4 Å². The molecule has 1 N–H and O–H groups in total. The average Bonchev–Trinajstić information content (AvgIpc) is 2.36. The van der Waals surface area contributed by atoms with Gasteiger partial charge in [0.05, 0.1) is 18.6 Å². The Bertz CT molecular complexity index is 537. The molecule has 108 valence electrons. The summed E-state index contributed by atoms with van der Waals surface area (Å²) in [5, 5.41) is 8.77. The van der Waals surface area contributed by atoms with Crippen LogP contribution in [0.4, 0.5) is 0 Å². The van der Waals surface area contributed by atoms with Crippen molar-refractivity contribution in [3.63, 3.8) is 0 Å². The van der Waals surface area contributed by atoms with Gasteiger partial charge < -0.3 is 14.6 Å². The molecule has 1 aliphatic rings. The third-order valence-corrected chi connectivity index (χ3v) is 3.32. The normalized spacial score (nSPS) is 21.0. The zero-order valence-corrected chi connectivity index (χ0v) is 11.6. The topological polar surface area (TPSA) is 72.8 Å². The quantitative estimate of drug-likeness (QED) is 0.896. The standard InChI is InChI=1S/C15H18O5/c1-3-19-10-4-5-11-12(16)9-15(2,7-6-14(17)18)20-13(11)8-10/h4-5,8H,3,6-7,9H2,1-2H3,(H,17,18). The number of hydrogen-bond acceptors (Lipinski definition) is 4. The summed E-state index contributed by atoms with van der Waals surface area (Å²) in [6.45, 7) is 4.18. The first-order valence-corrected chi connectivity index (χ1v) is 6.64. The summed E-state index contributed by atoms with van der Waals surface area (Å²) >= 11 is 0. The molecule has 2 rings (SSSR count). The number of fused-ring (bicyclic) bond motifs is 1. The molecule has 0 aromatic heterocycles. The number of Topliss-reactive ketones (excluding diaryl/α,β-unsaturated/α-hetero) is 1. The van der Waals surface area contributed by atoms with Crippen LogP contribution in [-0.2, 0) is 4.79 Å². The number of carbonyl (C=O) groups excluding carboxylic acids is 1. The lowest BCUT2D eigenvalue weighted by molar-refractivity contribution is -0.138. The van der Waals surface area contributed by atoms with Crippen molar-refractivity contribution in [1.29, 1.82) is 0 Å². The number of carboxylic acids is 1. The number of carboxylic acid groups (broad SMARTS) is 1. The predicted molar refractivity (Wildman–Crippen MR) is 72.5 cm³/mol. The second kappa shape index (κ2) is 5.53. The van der Waals surface area contributed by atoms with Gasteiger partial charge in [-0.2, -0.15) is 0 Å². The van der Waals surface area contributed by atoms with Crippen LogP contribution in [0, 0.1) is 0 Å². The van der Waals surface area contributed by atoms with E-state index in [0.29, 0.717) is 30.1 Å². The van der Waals surface area contributed by atoms with Crippen LogP contribution in [0.3, 0.4) is 0 Å². The van der Waals surface area contributed by atoms with Crippen molar-refractivity contribution in [2.24, 2.45) is 0 Å². The first kappa shape index (κ1) is 14.4. The molecular weight excluding hydrogens is 260 g/mol. The van der Waals surface area contributed by atoms with Crippen molar-refractivity contribution in [2.75, 3.05) is 6.61 Å². The third-order valence-electron chi connectivity index (χ3n) is 3.32. The Kier molecular flexibility index (Phi) is 3.97. The minimum atomic E-state index is -0.892. The fraction of sp³-hybridized carbons (Fsp3) is 0.467. The van der Waals surface area contributed by atoms with Gasteiger partial charge in [-0.3, -0.25) is 9.59 Å². The van der Waals surface area contributed by atoms with E-state index < -0.39 is 11.6 Å². The average molecular weight is 278 g/mol. The highest BCUT2D eigenvalue weighted by molar-refractivity contribution is 6.00. The lowest BCUT2D eigenvalue weighted by Crippen LogP contribution is -2.39. The molecule has 1 aromatic carbocycles. The number of ketones is 1. The zero-order valence-electron chi connectivity index (χ0n) is 11.6. The maximum Gasteiger partial charge on any atom is 0.303 e. The van der Waals surface area contributed by atoms with Crippen LogP contribution < -0.4 is 9.47 Å². The molecule has 1 heterocycles. The van der Waals surface area contributed by atoms with Gasteiger partial charge in [-0.15, -0.1) is 0 Å². The van der Waals surface area contributed by atoms with Crippen molar-refractivity contribution in [1.82, 2.24) is 0 Å². The van der Waals surface area contributed by atoms with Gasteiger partial charge in [-0.1, -0.05) is 0 Å². The van der Waals surface area contributed by atoms with E-state index in [-0.39, 0.29) is 18.6 Å². The zero-order chi connectivity index (χ0) is 14.8. The molecule has 0 aliphatic carbocycles. The largest absolute Gasteiger partial charge is 0.494 e. The fourth-order valence-electron chi connectivity index (χ4n) is 2.32. The van der Waals surface area contributed by atoms with Crippen LogP contribution >= 0.6 is 0 Å². The van der Waals surface area contributed by atoms with Crippen molar-refractivity contribution < 1.29 is 24.2 Å². The molecule has 5 heteroatoms. The highest BCUT2D eigenvalue weighted by Crippen LogP contribution is 2.37. The Morgan fingerprint density at radius 1 is 1.50 bits per heavy atom. The predicted octanol–water partition coefficient (Wildman–Crippen LogP) is 2.67. The van der Waals surface area contributed by atoms with Crippen LogP contribution in [0.25, 0.3) is 0 Å². The molecule has 0 saturated carbocycles. The van der Waals surface area contributed by atoms with E-state index in [1.807, 2.05) is 6.92 Å². The summed E-state index contributed by atoms with van der Waals surface area (Å²) in [5.41, 5.74) is -0.242. The lowest BCUT2D eigenvalue weighted by Gasteiger charge is -2.34. The number of ether oxygens (including phenoxy) is 2. The first-order chi connectivity index (χ1) is 9.43. The van der Waals surface area contributed by atoms with E-state index in [4.69, 9.17) is 14.6 Å². The van der Waals surface area contributed by atoms with Gasteiger partial charge >= 0.3 is 5.97 Å². The van der Waals surface area contributed by atoms with Crippen molar-refractivity contribution in [3.8, 4) is 11.5 Å². The number of hydrogen-bond donors (Lipinski definition) is 1. The summed E-state index contributed by atoms with van der Waals surface area (Å²) in [7, 11) is 0. The second-order valence-corrected chi connectivity index (χ2v) is 5.14. The Morgan fingerprint density at radius 2 is 2.25 bits per heavy atom. The molecule has 0 saturated heterocycles. The van der Waals surface area contributed by atoms with Gasteiger partial charge in [0.25, 0.3) is 0 Å². The summed E-state index contributed by atoms with van der Waals surface area (Å²) in [6.07, 6.45) is 0.470. The van der Waals surface area contributed by atoms with E-state index in [1.165, 1.54) is 0 Å².